The fraction of sp³-hybridized carbons (Fsp3) is 0.846. The molecule has 0 spiro atoms. The third-order valence-electron chi connectivity index (χ3n) is 3.53. The Kier molecular flexibility index (Phi) is 4.42. The number of hydrogen-bond donors (Lipinski definition) is 1. The molecule has 1 unspecified atom stereocenters. The van der Waals surface area contributed by atoms with Gasteiger partial charge < -0.3 is 14.8 Å². The molecule has 1 aliphatic heterocycles. The van der Waals surface area contributed by atoms with Gasteiger partial charge in [-0.25, -0.2) is 4.68 Å². The topological polar surface area (TPSA) is 61.2 Å². The second-order valence-corrected chi connectivity index (χ2v) is 5.34. The van der Waals surface area contributed by atoms with Crippen LogP contribution in [0.4, 0.5) is 0 Å². The van der Waals surface area contributed by atoms with E-state index in [-0.39, 0.29) is 0 Å². The van der Waals surface area contributed by atoms with Gasteiger partial charge >= 0.3 is 0 Å². The predicted octanol–water partition coefficient (Wildman–Crippen LogP) is 0.726. The average molecular weight is 266 g/mol. The zero-order valence-corrected chi connectivity index (χ0v) is 11.3. The van der Waals surface area contributed by atoms with Crippen molar-refractivity contribution in [3.05, 3.63) is 11.9 Å². The van der Waals surface area contributed by atoms with E-state index >= 15 is 0 Å². The maximum atomic E-state index is 5.61. The zero-order chi connectivity index (χ0) is 12.9. The number of ether oxygens (including phenoxy) is 2. The van der Waals surface area contributed by atoms with Gasteiger partial charge in [-0.05, 0) is 25.7 Å². The summed E-state index contributed by atoms with van der Waals surface area (Å²) in [7, 11) is 0. The number of nitrogens with one attached hydrogen (secondary N) is 1. The summed E-state index contributed by atoms with van der Waals surface area (Å²) in [6, 6.07) is 0.708. The summed E-state index contributed by atoms with van der Waals surface area (Å²) in [5.74, 6) is 0. The van der Waals surface area contributed by atoms with Gasteiger partial charge in [0.25, 0.3) is 0 Å². The number of hydrogen-bond acceptors (Lipinski definition) is 5. The minimum Gasteiger partial charge on any atom is -0.377 e. The van der Waals surface area contributed by atoms with Crippen molar-refractivity contribution in [1.29, 1.82) is 0 Å². The minimum absolute atomic E-state index is 0.300. The Morgan fingerprint density at radius 2 is 2.37 bits per heavy atom. The van der Waals surface area contributed by atoms with Gasteiger partial charge in [-0.2, -0.15) is 0 Å². The van der Waals surface area contributed by atoms with Gasteiger partial charge in [-0.15, -0.1) is 5.10 Å². The van der Waals surface area contributed by atoms with Crippen LogP contribution in [0.5, 0.6) is 0 Å². The molecule has 2 aliphatic rings. The van der Waals surface area contributed by atoms with Gasteiger partial charge in [0.15, 0.2) is 0 Å². The van der Waals surface area contributed by atoms with Gasteiger partial charge in [0, 0.05) is 25.4 Å². The van der Waals surface area contributed by atoms with Crippen molar-refractivity contribution in [2.24, 2.45) is 0 Å². The molecule has 19 heavy (non-hydrogen) atoms. The van der Waals surface area contributed by atoms with Gasteiger partial charge in [0.05, 0.1) is 31.6 Å². The molecule has 1 saturated heterocycles. The molecule has 1 aromatic rings. The lowest BCUT2D eigenvalue weighted by molar-refractivity contribution is 0.0141. The van der Waals surface area contributed by atoms with Gasteiger partial charge in [-0.3, -0.25) is 0 Å². The lowest BCUT2D eigenvalue weighted by Gasteiger charge is -2.09. The van der Waals surface area contributed by atoms with Crippen LogP contribution >= 0.6 is 0 Å². The Hall–Kier alpha value is -0.980. The van der Waals surface area contributed by atoms with E-state index in [0.717, 1.165) is 38.2 Å². The first-order valence-corrected chi connectivity index (χ1v) is 7.22. The number of nitrogens with zero attached hydrogens (tertiary/aromatic N) is 3. The van der Waals surface area contributed by atoms with E-state index in [4.69, 9.17) is 9.47 Å². The van der Waals surface area contributed by atoms with Crippen LogP contribution in [-0.2, 0) is 22.6 Å². The molecule has 0 amide bonds. The maximum Gasteiger partial charge on any atom is 0.0964 e. The van der Waals surface area contributed by atoms with Crippen molar-refractivity contribution in [2.45, 2.75) is 50.9 Å². The molecular weight excluding hydrogens is 244 g/mol. The van der Waals surface area contributed by atoms with Crippen LogP contribution in [-0.4, -0.2) is 47.0 Å². The number of rotatable bonds is 8. The molecule has 0 bridgehead atoms. The molecule has 0 aromatic carbocycles. The highest BCUT2D eigenvalue weighted by molar-refractivity contribution is 4.94. The standard InChI is InChI=1S/C13H22N4O2/c1-2-13(19-6-1)10-18-7-5-17-9-12(15-16-17)8-14-11-3-4-11/h9,11,13-14H,1-8,10H2. The monoisotopic (exact) mass is 266 g/mol. The zero-order valence-electron chi connectivity index (χ0n) is 11.3. The Bertz CT molecular complexity index is 386. The summed E-state index contributed by atoms with van der Waals surface area (Å²) in [6.07, 6.45) is 7.17. The highest BCUT2D eigenvalue weighted by Crippen LogP contribution is 2.18. The van der Waals surface area contributed by atoms with E-state index in [1.54, 1.807) is 0 Å². The molecule has 1 aromatic heterocycles. The van der Waals surface area contributed by atoms with E-state index in [0.29, 0.717) is 25.4 Å². The quantitative estimate of drug-likeness (QED) is 0.703. The fourth-order valence-electron chi connectivity index (χ4n) is 2.21. The van der Waals surface area contributed by atoms with Gasteiger partial charge in [-0.1, -0.05) is 5.21 Å². The van der Waals surface area contributed by atoms with E-state index in [1.807, 2.05) is 10.9 Å². The van der Waals surface area contributed by atoms with Crippen LogP contribution in [0.3, 0.4) is 0 Å². The van der Waals surface area contributed by atoms with E-state index in [2.05, 4.69) is 15.6 Å². The van der Waals surface area contributed by atoms with Crippen molar-refractivity contribution in [1.82, 2.24) is 20.3 Å². The summed E-state index contributed by atoms with van der Waals surface area (Å²) in [5.41, 5.74) is 1.01. The Morgan fingerprint density at radius 3 is 3.16 bits per heavy atom. The molecule has 106 valence electrons. The van der Waals surface area contributed by atoms with Crippen LogP contribution in [0.2, 0.25) is 0 Å². The molecule has 0 radical (unpaired) electrons. The minimum atomic E-state index is 0.300. The third-order valence-corrected chi connectivity index (χ3v) is 3.53. The van der Waals surface area contributed by atoms with Crippen molar-refractivity contribution in [2.75, 3.05) is 19.8 Å². The van der Waals surface area contributed by atoms with Crippen molar-refractivity contribution in [3.8, 4) is 0 Å². The first-order valence-electron chi connectivity index (χ1n) is 7.22. The molecule has 6 nitrogen and oxygen atoms in total. The van der Waals surface area contributed by atoms with Crippen LogP contribution < -0.4 is 5.32 Å². The normalized spacial score (nSPS) is 23.1. The summed E-state index contributed by atoms with van der Waals surface area (Å²) < 4.78 is 13.0. The Morgan fingerprint density at radius 1 is 1.42 bits per heavy atom. The number of aromatic nitrogens is 3. The lowest BCUT2D eigenvalue weighted by Crippen LogP contribution is -2.16. The summed E-state index contributed by atoms with van der Waals surface area (Å²) in [4.78, 5) is 0. The lowest BCUT2D eigenvalue weighted by atomic mass is 10.2. The van der Waals surface area contributed by atoms with Crippen LogP contribution in [0.25, 0.3) is 0 Å². The summed E-state index contributed by atoms with van der Waals surface area (Å²) in [5, 5.41) is 11.7. The highest BCUT2D eigenvalue weighted by Gasteiger charge is 2.20. The van der Waals surface area contributed by atoms with E-state index < -0.39 is 0 Å². The molecule has 2 heterocycles. The summed E-state index contributed by atoms with van der Waals surface area (Å²) in [6.45, 7) is 3.82. The van der Waals surface area contributed by atoms with Gasteiger partial charge in [0.1, 0.15) is 0 Å². The third kappa shape index (κ3) is 4.26. The molecule has 1 atom stereocenters. The maximum absolute atomic E-state index is 5.61. The Labute approximate surface area is 113 Å². The van der Waals surface area contributed by atoms with Gasteiger partial charge in [0.2, 0.25) is 0 Å². The average Bonchev–Trinajstić information content (AvgIpc) is 2.91. The second kappa shape index (κ2) is 6.45. The van der Waals surface area contributed by atoms with E-state index in [9.17, 15) is 0 Å². The molecule has 1 saturated carbocycles. The first-order chi connectivity index (χ1) is 9.40. The van der Waals surface area contributed by atoms with Crippen molar-refractivity contribution < 1.29 is 9.47 Å². The van der Waals surface area contributed by atoms with Crippen molar-refractivity contribution in [3.63, 3.8) is 0 Å². The first kappa shape index (κ1) is 13.0. The molecule has 6 heteroatoms. The largest absolute Gasteiger partial charge is 0.377 e. The summed E-state index contributed by atoms with van der Waals surface area (Å²) >= 11 is 0. The van der Waals surface area contributed by atoms with Crippen LogP contribution in [0.15, 0.2) is 6.20 Å². The van der Waals surface area contributed by atoms with Crippen molar-refractivity contribution >= 4 is 0 Å². The highest BCUT2D eigenvalue weighted by atomic mass is 16.5. The van der Waals surface area contributed by atoms with E-state index in [1.165, 1.54) is 12.8 Å². The second-order valence-electron chi connectivity index (χ2n) is 5.34. The molecule has 2 fully saturated rings. The molecule has 1 aliphatic carbocycles. The predicted molar refractivity (Wildman–Crippen MR) is 69.7 cm³/mol. The molecular formula is C13H22N4O2. The SMILES string of the molecule is c1c(CNC2CC2)nnn1CCOCC1CCCO1. The van der Waals surface area contributed by atoms with Crippen LogP contribution in [0, 0.1) is 0 Å². The smallest absolute Gasteiger partial charge is 0.0964 e. The Balaban J connectivity index is 1.30. The molecule has 3 rings (SSSR count). The van der Waals surface area contributed by atoms with Crippen LogP contribution in [0.1, 0.15) is 31.4 Å². The molecule has 1 N–H and O–H groups in total. The fourth-order valence-corrected chi connectivity index (χ4v) is 2.21.